The zero-order chi connectivity index (χ0) is 10.4. The molecule has 3 rings (SSSR count). The van der Waals surface area contributed by atoms with E-state index in [9.17, 15) is 4.79 Å². The van der Waals surface area contributed by atoms with Crippen molar-refractivity contribution >= 4 is 17.2 Å². The van der Waals surface area contributed by atoms with Gasteiger partial charge in [-0.2, -0.15) is 0 Å². The van der Waals surface area contributed by atoms with Crippen molar-refractivity contribution in [2.45, 2.75) is 19.3 Å². The van der Waals surface area contributed by atoms with Crippen LogP contribution in [-0.2, 0) is 12.8 Å². The fourth-order valence-electron chi connectivity index (χ4n) is 2.09. The molecule has 0 spiro atoms. The average molecular weight is 221 g/mol. The molecule has 0 unspecified atom stereocenters. The van der Waals surface area contributed by atoms with Crippen molar-refractivity contribution < 1.29 is 0 Å². The molecule has 0 N–H and O–H groups in total. The van der Waals surface area contributed by atoms with Crippen LogP contribution in [-0.4, -0.2) is 9.38 Å². The van der Waals surface area contributed by atoms with Gasteiger partial charge in [0.2, 0.25) is 0 Å². The lowest BCUT2D eigenvalue weighted by molar-refractivity contribution is 0.899. The van der Waals surface area contributed by atoms with Gasteiger partial charge in [-0.3, -0.25) is 9.20 Å². The number of hydrogen-bond acceptors (Lipinski definition) is 2. The van der Waals surface area contributed by atoms with E-state index in [1.54, 1.807) is 22.7 Å². The molecule has 0 fully saturated rings. The lowest BCUT2D eigenvalue weighted by Crippen LogP contribution is -2.19. The summed E-state index contributed by atoms with van der Waals surface area (Å²) in [6.07, 6.45) is 4.48. The Bertz CT molecular complexity index is 603. The Hall–Kier alpha value is -1.35. The molecule has 0 atom stereocenters. The largest absolute Gasteiger partial charge is 0.269 e. The molecule has 2 heterocycles. The van der Waals surface area contributed by atoms with Crippen LogP contribution in [0.15, 0.2) is 23.1 Å². The Labute approximate surface area is 91.3 Å². The van der Waals surface area contributed by atoms with Crippen LogP contribution in [0.2, 0.25) is 5.02 Å². The fourth-order valence-corrected chi connectivity index (χ4v) is 2.24. The maximum atomic E-state index is 12.0. The summed E-state index contributed by atoms with van der Waals surface area (Å²) in [5.74, 6) is 0. The number of pyridine rings is 1. The summed E-state index contributed by atoms with van der Waals surface area (Å²) in [6, 6.07) is 3.43. The van der Waals surface area contributed by atoms with E-state index in [1.165, 1.54) is 0 Å². The van der Waals surface area contributed by atoms with E-state index in [2.05, 4.69) is 4.98 Å². The maximum Gasteiger partial charge on any atom is 0.261 e. The van der Waals surface area contributed by atoms with Gasteiger partial charge in [-0.25, -0.2) is 4.98 Å². The summed E-state index contributed by atoms with van der Waals surface area (Å²) < 4.78 is 1.57. The third kappa shape index (κ3) is 1.27. The number of aryl methyl sites for hydroxylation is 1. The minimum absolute atomic E-state index is 0.0594. The minimum Gasteiger partial charge on any atom is -0.269 e. The molecule has 0 saturated carbocycles. The third-order valence-corrected chi connectivity index (χ3v) is 3.05. The summed E-state index contributed by atoms with van der Waals surface area (Å²) >= 11 is 5.87. The van der Waals surface area contributed by atoms with E-state index in [1.807, 2.05) is 0 Å². The molecule has 0 aromatic carbocycles. The molecule has 0 bridgehead atoms. The third-order valence-electron chi connectivity index (χ3n) is 2.81. The van der Waals surface area contributed by atoms with Crippen molar-refractivity contribution in [3.63, 3.8) is 0 Å². The molecule has 0 aliphatic heterocycles. The Balaban J connectivity index is 2.46. The predicted molar refractivity (Wildman–Crippen MR) is 58.5 cm³/mol. The standard InChI is InChI=1S/C11H9ClN2O/c12-7-4-5-14-10(6-7)13-9-3-1-2-8(9)11(14)15/h4-6H,1-3H2. The average Bonchev–Trinajstić information content (AvgIpc) is 2.65. The number of halogens is 1. The van der Waals surface area contributed by atoms with Gasteiger partial charge in [0, 0.05) is 22.8 Å². The Morgan fingerprint density at radius 1 is 1.40 bits per heavy atom. The molecule has 0 amide bonds. The zero-order valence-corrected chi connectivity index (χ0v) is 8.79. The van der Waals surface area contributed by atoms with Gasteiger partial charge in [-0.1, -0.05) is 11.6 Å². The van der Waals surface area contributed by atoms with Crippen LogP contribution in [0.25, 0.3) is 5.65 Å². The van der Waals surface area contributed by atoms with E-state index in [0.717, 1.165) is 30.5 Å². The van der Waals surface area contributed by atoms with Crippen molar-refractivity contribution in [2.75, 3.05) is 0 Å². The van der Waals surface area contributed by atoms with Gasteiger partial charge in [-0.15, -0.1) is 0 Å². The first-order chi connectivity index (χ1) is 7.25. The first kappa shape index (κ1) is 8.92. The second kappa shape index (κ2) is 3.07. The normalized spacial score (nSPS) is 14.5. The molecule has 2 aromatic rings. The first-order valence-electron chi connectivity index (χ1n) is 4.95. The Kier molecular flexibility index (Phi) is 1.83. The number of hydrogen-bond donors (Lipinski definition) is 0. The molecule has 3 nitrogen and oxygen atoms in total. The van der Waals surface area contributed by atoms with Gasteiger partial charge in [-0.05, 0) is 25.3 Å². The Morgan fingerprint density at radius 2 is 2.27 bits per heavy atom. The highest BCUT2D eigenvalue weighted by Crippen LogP contribution is 2.18. The summed E-state index contributed by atoms with van der Waals surface area (Å²) in [5.41, 5.74) is 2.52. The number of aromatic nitrogens is 2. The van der Waals surface area contributed by atoms with E-state index < -0.39 is 0 Å². The molecule has 76 valence electrons. The molecule has 4 heteroatoms. The van der Waals surface area contributed by atoms with Crippen LogP contribution >= 0.6 is 11.6 Å². The number of rotatable bonds is 0. The summed E-state index contributed by atoms with van der Waals surface area (Å²) in [5, 5.41) is 0.611. The highest BCUT2D eigenvalue weighted by molar-refractivity contribution is 6.30. The van der Waals surface area contributed by atoms with Gasteiger partial charge in [0.15, 0.2) is 0 Å². The molecule has 2 aromatic heterocycles. The van der Waals surface area contributed by atoms with E-state index in [0.29, 0.717) is 10.7 Å². The quantitative estimate of drug-likeness (QED) is 0.679. The van der Waals surface area contributed by atoms with E-state index >= 15 is 0 Å². The van der Waals surface area contributed by atoms with Crippen LogP contribution < -0.4 is 5.56 Å². The summed E-state index contributed by atoms with van der Waals surface area (Å²) in [6.45, 7) is 0. The van der Waals surface area contributed by atoms with Crippen LogP contribution in [0.1, 0.15) is 17.7 Å². The van der Waals surface area contributed by atoms with Gasteiger partial charge in [0.05, 0.1) is 5.69 Å². The fraction of sp³-hybridized carbons (Fsp3) is 0.273. The minimum atomic E-state index is 0.0594. The van der Waals surface area contributed by atoms with Crippen molar-refractivity contribution in [1.29, 1.82) is 0 Å². The van der Waals surface area contributed by atoms with Crippen LogP contribution in [0.3, 0.4) is 0 Å². The van der Waals surface area contributed by atoms with Gasteiger partial charge in [0.1, 0.15) is 5.65 Å². The van der Waals surface area contributed by atoms with Crippen molar-refractivity contribution in [3.05, 3.63) is 45.0 Å². The van der Waals surface area contributed by atoms with Crippen LogP contribution in [0.4, 0.5) is 0 Å². The monoisotopic (exact) mass is 220 g/mol. The topological polar surface area (TPSA) is 34.4 Å². The Morgan fingerprint density at radius 3 is 3.13 bits per heavy atom. The van der Waals surface area contributed by atoms with Crippen molar-refractivity contribution in [3.8, 4) is 0 Å². The van der Waals surface area contributed by atoms with Gasteiger partial charge < -0.3 is 0 Å². The molecular formula is C11H9ClN2O. The number of nitrogens with zero attached hydrogens (tertiary/aromatic N) is 2. The van der Waals surface area contributed by atoms with Gasteiger partial charge in [0.25, 0.3) is 5.56 Å². The van der Waals surface area contributed by atoms with Crippen molar-refractivity contribution in [1.82, 2.24) is 9.38 Å². The second-order valence-electron chi connectivity index (χ2n) is 3.77. The van der Waals surface area contributed by atoms with Crippen LogP contribution in [0.5, 0.6) is 0 Å². The number of fused-ring (bicyclic) bond motifs is 2. The SMILES string of the molecule is O=c1c2c(nc3cc(Cl)ccn13)CCC2. The zero-order valence-electron chi connectivity index (χ0n) is 8.03. The molecular weight excluding hydrogens is 212 g/mol. The molecule has 1 aliphatic rings. The summed E-state index contributed by atoms with van der Waals surface area (Å²) in [7, 11) is 0. The lowest BCUT2D eigenvalue weighted by atomic mass is 10.2. The van der Waals surface area contributed by atoms with Crippen LogP contribution in [0, 0.1) is 0 Å². The lowest BCUT2D eigenvalue weighted by Gasteiger charge is -2.03. The smallest absolute Gasteiger partial charge is 0.261 e. The van der Waals surface area contributed by atoms with E-state index in [-0.39, 0.29) is 5.56 Å². The maximum absolute atomic E-state index is 12.0. The molecule has 15 heavy (non-hydrogen) atoms. The summed E-state index contributed by atoms with van der Waals surface area (Å²) in [4.78, 5) is 16.5. The predicted octanol–water partition coefficient (Wildman–Crippen LogP) is 1.84. The first-order valence-corrected chi connectivity index (χ1v) is 5.33. The molecule has 1 aliphatic carbocycles. The molecule has 0 radical (unpaired) electrons. The molecule has 0 saturated heterocycles. The van der Waals surface area contributed by atoms with E-state index in [4.69, 9.17) is 11.6 Å². The second-order valence-corrected chi connectivity index (χ2v) is 4.21. The van der Waals surface area contributed by atoms with Gasteiger partial charge >= 0.3 is 0 Å². The highest BCUT2D eigenvalue weighted by Gasteiger charge is 2.17. The highest BCUT2D eigenvalue weighted by atomic mass is 35.5. The van der Waals surface area contributed by atoms with Crippen molar-refractivity contribution in [2.24, 2.45) is 0 Å².